The summed E-state index contributed by atoms with van der Waals surface area (Å²) in [4.78, 5) is -1.61. The van der Waals surface area contributed by atoms with Crippen LogP contribution in [0.2, 0.25) is 0 Å². The van der Waals surface area contributed by atoms with Crippen molar-refractivity contribution in [1.82, 2.24) is 0 Å². The van der Waals surface area contributed by atoms with E-state index in [0.29, 0.717) is 0 Å². The number of anilines is 1. The van der Waals surface area contributed by atoms with Gasteiger partial charge < -0.3 is 4.90 Å². The predicted octanol–water partition coefficient (Wildman–Crippen LogP) is 6.76. The maximum absolute atomic E-state index is 14.1. The van der Waals surface area contributed by atoms with Gasteiger partial charge in [0.1, 0.15) is 5.56 Å². The molecule has 0 unspecified atom stereocenters. The van der Waals surface area contributed by atoms with Crippen LogP contribution in [-0.2, 0) is 6.18 Å². The molecule has 0 aliphatic heterocycles. The number of alkyl halides is 12. The van der Waals surface area contributed by atoms with Crippen molar-refractivity contribution in [2.24, 2.45) is 0 Å². The van der Waals surface area contributed by atoms with Gasteiger partial charge in [-0.1, -0.05) is 6.92 Å². The Morgan fingerprint density at radius 1 is 0.733 bits per heavy atom. The predicted molar refractivity (Wildman–Crippen MR) is 69.9 cm³/mol. The van der Waals surface area contributed by atoms with E-state index in [1.54, 1.807) is 0 Å². The minimum absolute atomic E-state index is 0.800. The number of benzene rings is 1. The third kappa shape index (κ3) is 3.96. The maximum atomic E-state index is 14.1. The lowest BCUT2D eigenvalue weighted by atomic mass is 10.1. The van der Waals surface area contributed by atoms with Crippen molar-refractivity contribution in [3.8, 4) is 0 Å². The van der Waals surface area contributed by atoms with Crippen molar-refractivity contribution >= 4 is 5.69 Å². The SMILES string of the molecule is CCCN(c1cc(F)c(F)c(C(F)(F)F)c1F)C(F)(F)C(F)(F)C(F)(F)C(F)(F)F. The summed E-state index contributed by atoms with van der Waals surface area (Å²) in [6.45, 7) is -0.943. The van der Waals surface area contributed by atoms with Crippen LogP contribution in [0.1, 0.15) is 18.9 Å². The molecule has 0 fully saturated rings. The first kappa shape index (κ1) is 26.0. The first-order valence-corrected chi connectivity index (χ1v) is 7.38. The molecular weight excluding hydrogens is 467 g/mol. The van der Waals surface area contributed by atoms with Crippen molar-refractivity contribution in [2.45, 2.75) is 43.6 Å². The molecule has 1 aromatic rings. The standard InChI is InChI=1S/C14H8F15N/c1-2-3-30(14(28,29)12(23,24)11(21,22)13(25,26)27)6-4-5(15)8(16)7(9(6)17)10(18,19)20/h4H,2-3H2,1H3. The van der Waals surface area contributed by atoms with Crippen molar-refractivity contribution in [2.75, 3.05) is 11.4 Å². The minimum Gasteiger partial charge on any atom is -0.305 e. The van der Waals surface area contributed by atoms with Gasteiger partial charge in [-0.05, 0) is 6.42 Å². The summed E-state index contributed by atoms with van der Waals surface area (Å²) in [7, 11) is 0. The minimum atomic E-state index is -7.45. The van der Waals surface area contributed by atoms with E-state index in [1.807, 2.05) is 0 Å². The Morgan fingerprint density at radius 3 is 1.57 bits per heavy atom. The van der Waals surface area contributed by atoms with E-state index >= 15 is 0 Å². The zero-order chi connectivity index (χ0) is 24.1. The highest BCUT2D eigenvalue weighted by atomic mass is 19.4. The fourth-order valence-corrected chi connectivity index (χ4v) is 2.21. The highest BCUT2D eigenvalue weighted by molar-refractivity contribution is 5.54. The lowest BCUT2D eigenvalue weighted by molar-refractivity contribution is -0.395. The van der Waals surface area contributed by atoms with Gasteiger partial charge in [0.05, 0.1) is 5.69 Å². The molecule has 0 saturated carbocycles. The maximum Gasteiger partial charge on any atom is 0.460 e. The van der Waals surface area contributed by atoms with Crippen molar-refractivity contribution in [3.05, 3.63) is 29.1 Å². The number of halogens is 15. The molecule has 0 radical (unpaired) electrons. The fraction of sp³-hybridized carbons (Fsp3) is 0.571. The molecule has 0 bridgehead atoms. The van der Waals surface area contributed by atoms with Gasteiger partial charge >= 0.3 is 30.2 Å². The Hall–Kier alpha value is -2.03. The molecule has 16 heteroatoms. The highest BCUT2D eigenvalue weighted by Gasteiger charge is 2.83. The molecule has 0 aliphatic rings. The van der Waals surface area contributed by atoms with Crippen LogP contribution in [0.15, 0.2) is 6.07 Å². The molecule has 0 spiro atoms. The molecule has 0 atom stereocenters. The summed E-state index contributed by atoms with van der Waals surface area (Å²) in [5.41, 5.74) is -5.69. The monoisotopic (exact) mass is 475 g/mol. The quantitative estimate of drug-likeness (QED) is 0.250. The number of hydrogen-bond acceptors (Lipinski definition) is 1. The number of hydrogen-bond donors (Lipinski definition) is 0. The third-order valence-electron chi connectivity index (χ3n) is 3.63. The number of rotatable bonds is 6. The van der Waals surface area contributed by atoms with Gasteiger partial charge in [0, 0.05) is 12.6 Å². The van der Waals surface area contributed by atoms with Crippen LogP contribution in [0, 0.1) is 17.5 Å². The Bertz CT molecular complexity index is 777. The van der Waals surface area contributed by atoms with Crippen molar-refractivity contribution in [1.29, 1.82) is 0 Å². The Kier molecular flexibility index (Phi) is 6.58. The van der Waals surface area contributed by atoms with E-state index in [4.69, 9.17) is 0 Å². The summed E-state index contributed by atoms with van der Waals surface area (Å²) >= 11 is 0. The molecule has 0 aliphatic carbocycles. The molecule has 0 N–H and O–H groups in total. The molecule has 30 heavy (non-hydrogen) atoms. The van der Waals surface area contributed by atoms with Gasteiger partial charge in [0.2, 0.25) is 0 Å². The van der Waals surface area contributed by atoms with E-state index in [-0.39, 0.29) is 0 Å². The second-order valence-electron chi connectivity index (χ2n) is 5.72. The van der Waals surface area contributed by atoms with Crippen LogP contribution in [-0.4, -0.2) is 30.6 Å². The zero-order valence-electron chi connectivity index (χ0n) is 14.1. The summed E-state index contributed by atoms with van der Waals surface area (Å²) in [5, 5.41) is 0. The summed E-state index contributed by atoms with van der Waals surface area (Å²) in [6, 6.07) is -7.51. The molecule has 0 aromatic heterocycles. The average molecular weight is 475 g/mol. The zero-order valence-corrected chi connectivity index (χ0v) is 14.1. The van der Waals surface area contributed by atoms with Crippen LogP contribution in [0.3, 0.4) is 0 Å². The molecule has 0 amide bonds. The van der Waals surface area contributed by atoms with Gasteiger partial charge in [-0.2, -0.15) is 52.7 Å². The summed E-state index contributed by atoms with van der Waals surface area (Å²) in [6.07, 6.45) is -14.2. The van der Waals surface area contributed by atoms with Crippen LogP contribution < -0.4 is 4.90 Å². The lowest BCUT2D eigenvalue weighted by Crippen LogP contribution is -2.67. The normalized spacial score (nSPS) is 14.3. The largest absolute Gasteiger partial charge is 0.460 e. The van der Waals surface area contributed by atoms with E-state index in [0.717, 1.165) is 6.92 Å². The molecule has 0 saturated heterocycles. The molecule has 1 aromatic carbocycles. The summed E-state index contributed by atoms with van der Waals surface area (Å²) < 4.78 is 197. The van der Waals surface area contributed by atoms with Gasteiger partial charge in [0.15, 0.2) is 17.5 Å². The van der Waals surface area contributed by atoms with Gasteiger partial charge in [0.25, 0.3) is 0 Å². The van der Waals surface area contributed by atoms with E-state index < -0.39 is 82.9 Å². The Morgan fingerprint density at radius 2 is 1.20 bits per heavy atom. The van der Waals surface area contributed by atoms with Gasteiger partial charge in [-0.15, -0.1) is 0 Å². The second kappa shape index (κ2) is 7.59. The van der Waals surface area contributed by atoms with E-state index in [1.165, 1.54) is 0 Å². The fourth-order valence-electron chi connectivity index (χ4n) is 2.21. The van der Waals surface area contributed by atoms with Gasteiger partial charge in [-0.25, -0.2) is 13.2 Å². The summed E-state index contributed by atoms with van der Waals surface area (Å²) in [5.74, 6) is -23.6. The average Bonchev–Trinajstić information content (AvgIpc) is 2.53. The van der Waals surface area contributed by atoms with Crippen LogP contribution >= 0.6 is 0 Å². The molecule has 174 valence electrons. The van der Waals surface area contributed by atoms with E-state index in [9.17, 15) is 65.9 Å². The number of nitrogens with zero attached hydrogens (tertiary/aromatic N) is 1. The first-order chi connectivity index (χ1) is 13.2. The first-order valence-electron chi connectivity index (χ1n) is 7.38. The Labute approximate surface area is 157 Å². The molecule has 0 heterocycles. The third-order valence-corrected chi connectivity index (χ3v) is 3.63. The molecule has 1 rings (SSSR count). The van der Waals surface area contributed by atoms with Gasteiger partial charge in [-0.3, -0.25) is 0 Å². The van der Waals surface area contributed by atoms with Crippen LogP contribution in [0.4, 0.5) is 71.5 Å². The Balaban J connectivity index is 3.86. The van der Waals surface area contributed by atoms with Crippen LogP contribution in [0.25, 0.3) is 0 Å². The highest BCUT2D eigenvalue weighted by Crippen LogP contribution is 2.55. The van der Waals surface area contributed by atoms with Crippen molar-refractivity contribution in [3.63, 3.8) is 0 Å². The second-order valence-corrected chi connectivity index (χ2v) is 5.72. The topological polar surface area (TPSA) is 3.24 Å². The van der Waals surface area contributed by atoms with E-state index in [2.05, 4.69) is 0 Å². The van der Waals surface area contributed by atoms with Crippen LogP contribution in [0.5, 0.6) is 0 Å². The molecular formula is C14H8F15N. The smallest absolute Gasteiger partial charge is 0.305 e. The molecule has 1 nitrogen and oxygen atoms in total. The lowest BCUT2D eigenvalue weighted by Gasteiger charge is -2.40. The van der Waals surface area contributed by atoms with Crippen molar-refractivity contribution < 1.29 is 65.9 Å².